The van der Waals surface area contributed by atoms with Gasteiger partial charge in [0.05, 0.1) is 0 Å². The molecular formula is C17H23N3O3. The molecule has 1 aromatic carbocycles. The Morgan fingerprint density at radius 3 is 2.52 bits per heavy atom. The molecule has 2 aliphatic rings. The highest BCUT2D eigenvalue weighted by Crippen LogP contribution is 2.27. The number of nitrogens with zero attached hydrogens (tertiary/aromatic N) is 2. The molecule has 2 N–H and O–H groups in total. The van der Waals surface area contributed by atoms with Crippen LogP contribution in [0.5, 0.6) is 0 Å². The Kier molecular flexibility index (Phi) is 4.26. The largest absolute Gasteiger partial charge is 0.480 e. The SMILES string of the molecule is CC(C)N1CCN(C(=O)c2ccc3c(c2)CC(C(=O)O)N3)CC1. The minimum absolute atomic E-state index is 0.0370. The molecule has 2 aliphatic heterocycles. The van der Waals surface area contributed by atoms with Crippen molar-refractivity contribution in [2.24, 2.45) is 0 Å². The lowest BCUT2D eigenvalue weighted by Gasteiger charge is -2.37. The van der Waals surface area contributed by atoms with Crippen molar-refractivity contribution in [3.63, 3.8) is 0 Å². The number of anilines is 1. The first-order valence-electron chi connectivity index (χ1n) is 8.11. The van der Waals surface area contributed by atoms with Crippen LogP contribution in [0.2, 0.25) is 0 Å². The van der Waals surface area contributed by atoms with Crippen LogP contribution in [-0.2, 0) is 11.2 Å². The quantitative estimate of drug-likeness (QED) is 0.878. The van der Waals surface area contributed by atoms with E-state index in [-0.39, 0.29) is 5.91 Å². The lowest BCUT2D eigenvalue weighted by molar-refractivity contribution is -0.137. The van der Waals surface area contributed by atoms with Crippen LogP contribution in [-0.4, -0.2) is 65.0 Å². The number of nitrogens with one attached hydrogen (secondary N) is 1. The molecule has 6 nitrogen and oxygen atoms in total. The summed E-state index contributed by atoms with van der Waals surface area (Å²) in [5.74, 6) is -0.825. The highest BCUT2D eigenvalue weighted by molar-refractivity contribution is 5.95. The van der Waals surface area contributed by atoms with Crippen molar-refractivity contribution in [1.82, 2.24) is 9.80 Å². The molecule has 1 aromatic rings. The third kappa shape index (κ3) is 3.17. The molecule has 124 valence electrons. The number of aliphatic carboxylic acids is 1. The molecule has 0 saturated carbocycles. The number of carboxylic acids is 1. The van der Waals surface area contributed by atoms with Gasteiger partial charge in [0, 0.05) is 49.9 Å². The van der Waals surface area contributed by atoms with E-state index >= 15 is 0 Å². The topological polar surface area (TPSA) is 72.9 Å². The summed E-state index contributed by atoms with van der Waals surface area (Å²) in [5.41, 5.74) is 2.37. The van der Waals surface area contributed by atoms with Crippen molar-refractivity contribution in [3.8, 4) is 0 Å². The Hall–Kier alpha value is -2.08. The summed E-state index contributed by atoms with van der Waals surface area (Å²) >= 11 is 0. The first kappa shape index (κ1) is 15.8. The zero-order valence-corrected chi connectivity index (χ0v) is 13.6. The lowest BCUT2D eigenvalue weighted by Crippen LogP contribution is -2.50. The van der Waals surface area contributed by atoms with Gasteiger partial charge < -0.3 is 15.3 Å². The van der Waals surface area contributed by atoms with Crippen molar-refractivity contribution >= 4 is 17.6 Å². The summed E-state index contributed by atoms with van der Waals surface area (Å²) in [6.07, 6.45) is 0.424. The lowest BCUT2D eigenvalue weighted by atomic mass is 10.1. The molecule has 3 rings (SSSR count). The smallest absolute Gasteiger partial charge is 0.326 e. The van der Waals surface area contributed by atoms with Crippen LogP contribution >= 0.6 is 0 Å². The van der Waals surface area contributed by atoms with E-state index < -0.39 is 12.0 Å². The summed E-state index contributed by atoms with van der Waals surface area (Å²) in [6.45, 7) is 7.62. The summed E-state index contributed by atoms with van der Waals surface area (Å²) < 4.78 is 0. The van der Waals surface area contributed by atoms with Crippen molar-refractivity contribution in [2.75, 3.05) is 31.5 Å². The number of carbonyl (C=O) groups is 2. The van der Waals surface area contributed by atoms with E-state index in [1.54, 1.807) is 6.07 Å². The number of hydrogen-bond donors (Lipinski definition) is 2. The Balaban J connectivity index is 1.68. The first-order valence-corrected chi connectivity index (χ1v) is 8.11. The molecule has 0 bridgehead atoms. The van der Waals surface area contributed by atoms with E-state index in [1.807, 2.05) is 17.0 Å². The fourth-order valence-corrected chi connectivity index (χ4v) is 3.27. The van der Waals surface area contributed by atoms with Crippen LogP contribution in [0.25, 0.3) is 0 Å². The fraction of sp³-hybridized carbons (Fsp3) is 0.529. The monoisotopic (exact) mass is 317 g/mol. The Morgan fingerprint density at radius 2 is 1.91 bits per heavy atom. The van der Waals surface area contributed by atoms with Crippen LogP contribution < -0.4 is 5.32 Å². The maximum Gasteiger partial charge on any atom is 0.326 e. The maximum atomic E-state index is 12.7. The van der Waals surface area contributed by atoms with E-state index in [1.165, 1.54) is 0 Å². The van der Waals surface area contributed by atoms with Crippen molar-refractivity contribution in [3.05, 3.63) is 29.3 Å². The zero-order chi connectivity index (χ0) is 16.6. The molecule has 2 heterocycles. The van der Waals surface area contributed by atoms with Crippen LogP contribution in [0.4, 0.5) is 5.69 Å². The second-order valence-electron chi connectivity index (χ2n) is 6.53. The molecular weight excluding hydrogens is 294 g/mol. The number of carboxylic acid groups (broad SMARTS) is 1. The van der Waals surface area contributed by atoms with Crippen LogP contribution in [0.1, 0.15) is 29.8 Å². The predicted molar refractivity (Wildman–Crippen MR) is 87.8 cm³/mol. The van der Waals surface area contributed by atoms with E-state index in [2.05, 4.69) is 24.1 Å². The van der Waals surface area contributed by atoms with E-state index in [4.69, 9.17) is 5.11 Å². The molecule has 23 heavy (non-hydrogen) atoms. The maximum absolute atomic E-state index is 12.7. The Labute approximate surface area is 136 Å². The molecule has 6 heteroatoms. The Bertz CT molecular complexity index is 622. The van der Waals surface area contributed by atoms with E-state index in [0.29, 0.717) is 18.0 Å². The average Bonchev–Trinajstić information content (AvgIpc) is 2.97. The minimum atomic E-state index is -0.862. The first-order chi connectivity index (χ1) is 11.0. The zero-order valence-electron chi connectivity index (χ0n) is 13.6. The standard InChI is InChI=1S/C17H23N3O3/c1-11(2)19-5-7-20(8-6-19)16(21)12-3-4-14-13(9-12)10-15(18-14)17(22)23/h3-4,9,11,15,18H,5-8,10H2,1-2H3,(H,22,23). The van der Waals surface area contributed by atoms with Crippen molar-refractivity contribution in [1.29, 1.82) is 0 Å². The number of fused-ring (bicyclic) bond motifs is 1. The molecule has 1 atom stereocenters. The van der Waals surface area contributed by atoms with Gasteiger partial charge >= 0.3 is 5.97 Å². The molecule has 0 radical (unpaired) electrons. The minimum Gasteiger partial charge on any atom is -0.480 e. The molecule has 1 unspecified atom stereocenters. The normalized spacial score (nSPS) is 21.2. The van der Waals surface area contributed by atoms with Gasteiger partial charge in [-0.2, -0.15) is 0 Å². The Morgan fingerprint density at radius 1 is 1.22 bits per heavy atom. The number of rotatable bonds is 3. The summed E-state index contributed by atoms with van der Waals surface area (Å²) in [5, 5.41) is 12.1. The second kappa shape index (κ2) is 6.20. The van der Waals surface area contributed by atoms with Gasteiger partial charge in [-0.15, -0.1) is 0 Å². The number of benzene rings is 1. The summed E-state index contributed by atoms with van der Waals surface area (Å²) in [4.78, 5) is 28.0. The number of carbonyl (C=O) groups excluding carboxylic acids is 1. The number of piperazine rings is 1. The van der Waals surface area contributed by atoms with E-state index in [9.17, 15) is 9.59 Å². The number of hydrogen-bond acceptors (Lipinski definition) is 4. The molecule has 1 fully saturated rings. The van der Waals surface area contributed by atoms with Crippen LogP contribution in [0.15, 0.2) is 18.2 Å². The fourth-order valence-electron chi connectivity index (χ4n) is 3.27. The molecule has 0 aromatic heterocycles. The summed E-state index contributed by atoms with van der Waals surface area (Å²) in [7, 11) is 0. The van der Waals surface area contributed by atoms with Crippen LogP contribution in [0.3, 0.4) is 0 Å². The van der Waals surface area contributed by atoms with Crippen molar-refractivity contribution in [2.45, 2.75) is 32.4 Å². The van der Waals surface area contributed by atoms with Gasteiger partial charge in [-0.1, -0.05) is 0 Å². The third-order valence-electron chi connectivity index (χ3n) is 4.74. The van der Waals surface area contributed by atoms with E-state index in [0.717, 1.165) is 37.4 Å². The predicted octanol–water partition coefficient (Wildman–Crippen LogP) is 1.27. The van der Waals surface area contributed by atoms with Gasteiger partial charge in [-0.05, 0) is 37.6 Å². The highest BCUT2D eigenvalue weighted by Gasteiger charge is 2.28. The van der Waals surface area contributed by atoms with Crippen LogP contribution in [0, 0.1) is 0 Å². The van der Waals surface area contributed by atoms with Gasteiger partial charge in [0.2, 0.25) is 0 Å². The molecule has 1 saturated heterocycles. The summed E-state index contributed by atoms with van der Waals surface area (Å²) in [6, 6.07) is 5.35. The number of amides is 1. The van der Waals surface area contributed by atoms with Crippen molar-refractivity contribution < 1.29 is 14.7 Å². The van der Waals surface area contributed by atoms with Gasteiger partial charge in [-0.3, -0.25) is 9.69 Å². The average molecular weight is 317 g/mol. The molecule has 1 amide bonds. The van der Waals surface area contributed by atoms with Gasteiger partial charge in [-0.25, -0.2) is 4.79 Å². The molecule has 0 aliphatic carbocycles. The van der Waals surface area contributed by atoms with Gasteiger partial charge in [0.15, 0.2) is 0 Å². The second-order valence-corrected chi connectivity index (χ2v) is 6.53. The third-order valence-corrected chi connectivity index (χ3v) is 4.74. The molecule has 0 spiro atoms. The van der Waals surface area contributed by atoms with Gasteiger partial charge in [0.25, 0.3) is 5.91 Å². The van der Waals surface area contributed by atoms with Gasteiger partial charge in [0.1, 0.15) is 6.04 Å². The highest BCUT2D eigenvalue weighted by atomic mass is 16.4.